The Bertz CT molecular complexity index is 841. The van der Waals surface area contributed by atoms with Crippen molar-refractivity contribution < 1.29 is 26.3 Å². The SMILES string of the molecule is C=C(C)CCC(NC1NC(C(=C)C)=C(C#N)CC(C(=C)C(=C)O)=C1C(C)=N)[I-]C. The molecule has 1 aliphatic rings. The zero-order valence-corrected chi connectivity index (χ0v) is 20.0. The van der Waals surface area contributed by atoms with Crippen molar-refractivity contribution in [2.24, 2.45) is 0 Å². The van der Waals surface area contributed by atoms with Crippen LogP contribution in [0.5, 0.6) is 0 Å². The molecule has 0 bridgehead atoms. The molecule has 2 unspecified atom stereocenters. The Balaban J connectivity index is 3.56. The van der Waals surface area contributed by atoms with Gasteiger partial charge in [-0.3, -0.25) is 0 Å². The van der Waals surface area contributed by atoms with Crippen LogP contribution in [0.2, 0.25) is 0 Å². The number of alkyl halides is 2. The fourth-order valence-electron chi connectivity index (χ4n) is 3.14. The van der Waals surface area contributed by atoms with Gasteiger partial charge in [-0.1, -0.05) is 0 Å². The van der Waals surface area contributed by atoms with Gasteiger partial charge in [-0.25, -0.2) is 0 Å². The third-order valence-electron chi connectivity index (χ3n) is 4.67. The molecule has 2 atom stereocenters. The topological polar surface area (TPSA) is 91.9 Å². The van der Waals surface area contributed by atoms with E-state index in [1.54, 1.807) is 6.92 Å². The third kappa shape index (κ3) is 6.72. The molecule has 1 aliphatic heterocycles. The zero-order valence-electron chi connectivity index (χ0n) is 17.9. The first kappa shape index (κ1) is 24.9. The van der Waals surface area contributed by atoms with Gasteiger partial charge >= 0.3 is 186 Å². The Kier molecular flexibility index (Phi) is 9.60. The molecule has 1 heterocycles. The molecular formula is C23H32IN4O-. The molecule has 0 fully saturated rings. The van der Waals surface area contributed by atoms with E-state index < -0.39 is 6.17 Å². The van der Waals surface area contributed by atoms with E-state index in [4.69, 9.17) is 5.41 Å². The van der Waals surface area contributed by atoms with Crippen LogP contribution in [0.25, 0.3) is 0 Å². The number of aliphatic hydroxyl groups is 1. The van der Waals surface area contributed by atoms with E-state index in [0.29, 0.717) is 37.7 Å². The van der Waals surface area contributed by atoms with Crippen LogP contribution in [0, 0.1) is 16.7 Å². The summed E-state index contributed by atoms with van der Waals surface area (Å²) in [4.78, 5) is 2.22. The summed E-state index contributed by atoms with van der Waals surface area (Å²) in [6, 6.07) is 2.25. The maximum atomic E-state index is 10.00. The average Bonchev–Trinajstić information content (AvgIpc) is 2.80. The summed E-state index contributed by atoms with van der Waals surface area (Å²) >= 11 is -0.132. The van der Waals surface area contributed by atoms with Crippen LogP contribution in [-0.4, -0.2) is 26.0 Å². The van der Waals surface area contributed by atoms with Gasteiger partial charge < -0.3 is 0 Å². The van der Waals surface area contributed by atoms with Crippen molar-refractivity contribution in [3.05, 3.63) is 71.2 Å². The van der Waals surface area contributed by atoms with Gasteiger partial charge in [0, 0.05) is 0 Å². The summed E-state index contributed by atoms with van der Waals surface area (Å²) < 4.78 is 0.291. The normalized spacial score (nSPS) is 17.8. The van der Waals surface area contributed by atoms with Crippen LogP contribution in [0.15, 0.2) is 71.2 Å². The van der Waals surface area contributed by atoms with Gasteiger partial charge in [-0.05, 0) is 0 Å². The number of allylic oxidation sites excluding steroid dienone is 4. The van der Waals surface area contributed by atoms with Crippen molar-refractivity contribution in [1.82, 2.24) is 10.6 Å². The Morgan fingerprint density at radius 1 is 1.34 bits per heavy atom. The van der Waals surface area contributed by atoms with Crippen LogP contribution >= 0.6 is 0 Å². The molecule has 0 amide bonds. The minimum atomic E-state index is -0.397. The summed E-state index contributed by atoms with van der Waals surface area (Å²) in [5.41, 5.74) is 5.09. The predicted molar refractivity (Wildman–Crippen MR) is 117 cm³/mol. The quantitative estimate of drug-likeness (QED) is 0.0688. The van der Waals surface area contributed by atoms with Crippen LogP contribution in [0.1, 0.15) is 40.0 Å². The molecule has 0 saturated carbocycles. The van der Waals surface area contributed by atoms with Crippen molar-refractivity contribution in [2.75, 3.05) is 4.93 Å². The van der Waals surface area contributed by atoms with E-state index in [1.165, 1.54) is 0 Å². The van der Waals surface area contributed by atoms with Crippen LogP contribution in [0.4, 0.5) is 0 Å². The molecule has 0 aromatic rings. The number of rotatable bonds is 10. The summed E-state index contributed by atoms with van der Waals surface area (Å²) in [5.74, 6) is -0.157. The molecule has 0 aromatic heterocycles. The number of aliphatic hydroxyl groups excluding tert-OH is 1. The van der Waals surface area contributed by atoms with Crippen molar-refractivity contribution in [3.63, 3.8) is 0 Å². The molecule has 5 nitrogen and oxygen atoms in total. The number of nitrogens with one attached hydrogen (secondary N) is 3. The van der Waals surface area contributed by atoms with Gasteiger partial charge in [-0.15, -0.1) is 0 Å². The summed E-state index contributed by atoms with van der Waals surface area (Å²) in [6.45, 7) is 21.2. The first-order valence-electron chi connectivity index (χ1n) is 9.33. The number of nitrogens with zero attached hydrogens (tertiary/aromatic N) is 1. The first-order valence-corrected chi connectivity index (χ1v) is 12.7. The Morgan fingerprint density at radius 2 is 1.97 bits per heavy atom. The van der Waals surface area contributed by atoms with Crippen molar-refractivity contribution in [3.8, 4) is 6.07 Å². The summed E-state index contributed by atoms with van der Waals surface area (Å²) in [5, 5.41) is 35.2. The van der Waals surface area contributed by atoms with E-state index in [9.17, 15) is 10.4 Å². The Hall–Kier alpha value is -2.11. The molecule has 0 aliphatic carbocycles. The maximum absolute atomic E-state index is 10.00. The fraction of sp³-hybridized carbons (Fsp3) is 0.391. The summed E-state index contributed by atoms with van der Waals surface area (Å²) in [6.07, 6.45) is 1.75. The molecule has 1 rings (SSSR count). The zero-order chi connectivity index (χ0) is 22.3. The molecule has 0 aromatic carbocycles. The van der Waals surface area contributed by atoms with Gasteiger partial charge in [0.2, 0.25) is 0 Å². The van der Waals surface area contributed by atoms with E-state index >= 15 is 0 Å². The number of hydrogen-bond donors (Lipinski definition) is 4. The van der Waals surface area contributed by atoms with Gasteiger partial charge in [0.05, 0.1) is 0 Å². The second-order valence-corrected chi connectivity index (χ2v) is 10.0. The van der Waals surface area contributed by atoms with Gasteiger partial charge in [-0.2, -0.15) is 0 Å². The molecule has 158 valence electrons. The van der Waals surface area contributed by atoms with E-state index in [1.807, 2.05) is 13.8 Å². The van der Waals surface area contributed by atoms with E-state index in [-0.39, 0.29) is 33.4 Å². The molecule has 0 spiro atoms. The number of halogens is 1. The molecule has 6 heteroatoms. The molecule has 29 heavy (non-hydrogen) atoms. The summed E-state index contributed by atoms with van der Waals surface area (Å²) in [7, 11) is 0. The Morgan fingerprint density at radius 3 is 2.38 bits per heavy atom. The van der Waals surface area contributed by atoms with Gasteiger partial charge in [0.25, 0.3) is 0 Å². The van der Waals surface area contributed by atoms with Crippen LogP contribution in [-0.2, 0) is 0 Å². The van der Waals surface area contributed by atoms with Crippen LogP contribution in [0.3, 0.4) is 0 Å². The number of nitriles is 1. The molecular weight excluding hydrogens is 475 g/mol. The van der Waals surface area contributed by atoms with Crippen molar-refractivity contribution in [1.29, 1.82) is 10.7 Å². The van der Waals surface area contributed by atoms with Crippen LogP contribution < -0.4 is 31.8 Å². The monoisotopic (exact) mass is 507 g/mol. The number of hydrogen-bond acceptors (Lipinski definition) is 5. The molecule has 0 saturated heterocycles. The fourth-order valence-corrected chi connectivity index (χ4v) is 4.79. The minimum absolute atomic E-state index is 0.132. The standard InChI is InChI=1S/C23H32IN4O/c1-13(2)9-10-20(24-8)27-23-21(16(6)26)19(15(5)17(7)29)11-18(12-25)22(28-23)14(3)4/h20,23,26-29H,1,3,5,7,9-11H2,2,4,6,8H3/q-1. The predicted octanol–water partition coefficient (Wildman–Crippen LogP) is 1.61. The van der Waals surface area contributed by atoms with Gasteiger partial charge in [0.15, 0.2) is 0 Å². The first-order chi connectivity index (χ1) is 13.5. The van der Waals surface area contributed by atoms with E-state index in [2.05, 4.69) is 47.9 Å². The third-order valence-corrected chi connectivity index (χ3v) is 7.16. The van der Waals surface area contributed by atoms with Crippen molar-refractivity contribution in [2.45, 2.75) is 50.2 Å². The second kappa shape index (κ2) is 11.2. The molecule has 4 N–H and O–H groups in total. The average molecular weight is 507 g/mol. The van der Waals surface area contributed by atoms with E-state index in [0.717, 1.165) is 24.0 Å². The molecule has 0 radical (unpaired) electrons. The second-order valence-electron chi connectivity index (χ2n) is 7.29. The van der Waals surface area contributed by atoms with Crippen molar-refractivity contribution >= 4 is 5.71 Å². The Labute approximate surface area is 185 Å². The van der Waals surface area contributed by atoms with Gasteiger partial charge in [0.1, 0.15) is 0 Å².